The third-order valence-electron chi connectivity index (χ3n) is 2.34. The molecular formula is C12H15ClO2. The van der Waals surface area contributed by atoms with E-state index in [1.165, 1.54) is 0 Å². The number of hydrogen-bond donors (Lipinski definition) is 1. The number of carboxylic acid groups (broad SMARTS) is 1. The summed E-state index contributed by atoms with van der Waals surface area (Å²) in [4.78, 5) is 10.5. The van der Waals surface area contributed by atoms with Gasteiger partial charge in [0, 0.05) is 11.4 Å². The quantitative estimate of drug-likeness (QED) is 0.856. The zero-order chi connectivity index (χ0) is 11.4. The van der Waals surface area contributed by atoms with Crippen LogP contribution in [0.15, 0.2) is 18.2 Å². The maximum Gasteiger partial charge on any atom is 0.303 e. The van der Waals surface area contributed by atoms with Gasteiger partial charge in [0.1, 0.15) is 0 Å². The highest BCUT2D eigenvalue weighted by molar-refractivity contribution is 6.31. The summed E-state index contributed by atoms with van der Waals surface area (Å²) in [5.74, 6) is -0.609. The van der Waals surface area contributed by atoms with Gasteiger partial charge in [-0.05, 0) is 36.5 Å². The molecular weight excluding hydrogens is 212 g/mol. The van der Waals surface area contributed by atoms with Crippen molar-refractivity contribution in [3.8, 4) is 0 Å². The molecule has 1 rings (SSSR count). The maximum absolute atomic E-state index is 10.5. The SMILES string of the molecule is Cc1ccc(CC(C)CC(=O)O)cc1Cl. The van der Waals surface area contributed by atoms with E-state index in [-0.39, 0.29) is 12.3 Å². The van der Waals surface area contributed by atoms with E-state index in [1.807, 2.05) is 32.0 Å². The van der Waals surface area contributed by atoms with Crippen LogP contribution in [0.1, 0.15) is 24.5 Å². The minimum Gasteiger partial charge on any atom is -0.481 e. The summed E-state index contributed by atoms with van der Waals surface area (Å²) in [5, 5.41) is 9.38. The monoisotopic (exact) mass is 226 g/mol. The van der Waals surface area contributed by atoms with E-state index in [9.17, 15) is 4.79 Å². The average Bonchev–Trinajstić information content (AvgIpc) is 2.10. The third kappa shape index (κ3) is 3.92. The molecule has 1 unspecified atom stereocenters. The number of aryl methyl sites for hydroxylation is 1. The molecule has 0 spiro atoms. The Balaban J connectivity index is 2.64. The summed E-state index contributed by atoms with van der Waals surface area (Å²) < 4.78 is 0. The van der Waals surface area contributed by atoms with Gasteiger partial charge < -0.3 is 5.11 Å². The van der Waals surface area contributed by atoms with E-state index in [0.717, 1.165) is 22.6 Å². The van der Waals surface area contributed by atoms with E-state index in [0.29, 0.717) is 0 Å². The third-order valence-corrected chi connectivity index (χ3v) is 2.75. The van der Waals surface area contributed by atoms with Crippen molar-refractivity contribution in [1.82, 2.24) is 0 Å². The fourth-order valence-electron chi connectivity index (χ4n) is 1.54. The van der Waals surface area contributed by atoms with Crippen LogP contribution in [0, 0.1) is 12.8 Å². The van der Waals surface area contributed by atoms with Gasteiger partial charge in [-0.15, -0.1) is 0 Å². The van der Waals surface area contributed by atoms with Gasteiger partial charge >= 0.3 is 5.97 Å². The Morgan fingerprint density at radius 1 is 1.53 bits per heavy atom. The highest BCUT2D eigenvalue weighted by atomic mass is 35.5. The first-order chi connectivity index (χ1) is 6.99. The molecule has 15 heavy (non-hydrogen) atoms. The molecule has 0 heterocycles. The average molecular weight is 227 g/mol. The van der Waals surface area contributed by atoms with Gasteiger partial charge in [0.15, 0.2) is 0 Å². The highest BCUT2D eigenvalue weighted by Gasteiger charge is 2.09. The second-order valence-electron chi connectivity index (χ2n) is 3.99. The lowest BCUT2D eigenvalue weighted by Crippen LogP contribution is -2.07. The lowest BCUT2D eigenvalue weighted by Gasteiger charge is -2.09. The molecule has 0 saturated heterocycles. The molecule has 0 amide bonds. The second-order valence-corrected chi connectivity index (χ2v) is 4.40. The van der Waals surface area contributed by atoms with E-state index >= 15 is 0 Å². The Morgan fingerprint density at radius 2 is 2.20 bits per heavy atom. The smallest absolute Gasteiger partial charge is 0.303 e. The van der Waals surface area contributed by atoms with Gasteiger partial charge in [-0.25, -0.2) is 0 Å². The molecule has 0 aliphatic heterocycles. The van der Waals surface area contributed by atoms with Gasteiger partial charge in [-0.1, -0.05) is 30.7 Å². The molecule has 3 heteroatoms. The molecule has 0 fully saturated rings. The van der Waals surface area contributed by atoms with Crippen molar-refractivity contribution in [3.05, 3.63) is 34.3 Å². The fraction of sp³-hybridized carbons (Fsp3) is 0.417. The van der Waals surface area contributed by atoms with Crippen LogP contribution in [-0.2, 0) is 11.2 Å². The van der Waals surface area contributed by atoms with Crippen molar-refractivity contribution >= 4 is 17.6 Å². The minimum atomic E-state index is -0.749. The van der Waals surface area contributed by atoms with E-state index < -0.39 is 5.97 Å². The zero-order valence-corrected chi connectivity index (χ0v) is 9.71. The zero-order valence-electron chi connectivity index (χ0n) is 8.96. The normalized spacial score (nSPS) is 12.5. The van der Waals surface area contributed by atoms with Crippen molar-refractivity contribution < 1.29 is 9.90 Å². The van der Waals surface area contributed by atoms with E-state index in [2.05, 4.69) is 0 Å². The molecule has 82 valence electrons. The number of aliphatic carboxylic acids is 1. The first-order valence-electron chi connectivity index (χ1n) is 4.96. The number of carboxylic acids is 1. The summed E-state index contributed by atoms with van der Waals surface area (Å²) in [5.41, 5.74) is 2.14. The number of carbonyl (C=O) groups is 1. The standard InChI is InChI=1S/C12H15ClO2/c1-8(6-12(14)15)5-10-4-3-9(2)11(13)7-10/h3-4,7-8H,5-6H2,1-2H3,(H,14,15). The van der Waals surface area contributed by atoms with Crippen molar-refractivity contribution in [3.63, 3.8) is 0 Å². The summed E-state index contributed by atoms with van der Waals surface area (Å²) in [6.07, 6.45) is 0.956. The first-order valence-corrected chi connectivity index (χ1v) is 5.33. The summed E-state index contributed by atoms with van der Waals surface area (Å²) >= 11 is 5.99. The molecule has 0 radical (unpaired) electrons. The molecule has 0 aliphatic carbocycles. The first kappa shape index (κ1) is 12.1. The van der Waals surface area contributed by atoms with E-state index in [4.69, 9.17) is 16.7 Å². The molecule has 1 N–H and O–H groups in total. The highest BCUT2D eigenvalue weighted by Crippen LogP contribution is 2.19. The Morgan fingerprint density at radius 3 is 2.73 bits per heavy atom. The molecule has 1 aromatic rings. The summed E-state index contributed by atoms with van der Waals surface area (Å²) in [6.45, 7) is 3.88. The fourth-order valence-corrected chi connectivity index (χ4v) is 1.74. The summed E-state index contributed by atoms with van der Waals surface area (Å²) in [6, 6.07) is 5.87. The molecule has 0 saturated carbocycles. The van der Waals surface area contributed by atoms with Gasteiger partial charge in [-0.2, -0.15) is 0 Å². The maximum atomic E-state index is 10.5. The lowest BCUT2D eigenvalue weighted by atomic mass is 9.97. The lowest BCUT2D eigenvalue weighted by molar-refractivity contribution is -0.137. The topological polar surface area (TPSA) is 37.3 Å². The number of rotatable bonds is 4. The van der Waals surface area contributed by atoms with Gasteiger partial charge in [0.2, 0.25) is 0 Å². The van der Waals surface area contributed by atoms with Crippen LogP contribution in [0.2, 0.25) is 5.02 Å². The predicted octanol–water partition coefficient (Wildman–Crippen LogP) is 3.30. The Labute approximate surface area is 94.9 Å². The van der Waals surface area contributed by atoms with Crippen LogP contribution in [0.25, 0.3) is 0 Å². The Hall–Kier alpha value is -1.02. The minimum absolute atomic E-state index is 0.140. The van der Waals surface area contributed by atoms with Crippen molar-refractivity contribution in [2.45, 2.75) is 26.7 Å². The van der Waals surface area contributed by atoms with Crippen LogP contribution in [0.5, 0.6) is 0 Å². The van der Waals surface area contributed by atoms with Gasteiger partial charge in [0.25, 0.3) is 0 Å². The van der Waals surface area contributed by atoms with Crippen molar-refractivity contribution in [2.24, 2.45) is 5.92 Å². The molecule has 0 bridgehead atoms. The van der Waals surface area contributed by atoms with E-state index in [1.54, 1.807) is 0 Å². The van der Waals surface area contributed by atoms with Gasteiger partial charge in [0.05, 0.1) is 0 Å². The Bertz CT molecular complexity index is 361. The van der Waals surface area contributed by atoms with Crippen LogP contribution >= 0.6 is 11.6 Å². The van der Waals surface area contributed by atoms with Crippen LogP contribution in [0.3, 0.4) is 0 Å². The van der Waals surface area contributed by atoms with Crippen molar-refractivity contribution in [1.29, 1.82) is 0 Å². The van der Waals surface area contributed by atoms with Crippen LogP contribution in [-0.4, -0.2) is 11.1 Å². The molecule has 2 nitrogen and oxygen atoms in total. The van der Waals surface area contributed by atoms with Crippen molar-refractivity contribution in [2.75, 3.05) is 0 Å². The summed E-state index contributed by atoms with van der Waals surface area (Å²) in [7, 11) is 0. The van der Waals surface area contributed by atoms with Crippen LogP contribution in [0.4, 0.5) is 0 Å². The largest absolute Gasteiger partial charge is 0.481 e. The number of halogens is 1. The predicted molar refractivity (Wildman–Crippen MR) is 61.3 cm³/mol. The Kier molecular flexibility index (Phi) is 4.15. The second kappa shape index (κ2) is 5.17. The molecule has 0 aliphatic rings. The number of hydrogen-bond acceptors (Lipinski definition) is 1. The molecule has 1 aromatic carbocycles. The van der Waals surface area contributed by atoms with Gasteiger partial charge in [-0.3, -0.25) is 4.79 Å². The van der Waals surface area contributed by atoms with Crippen LogP contribution < -0.4 is 0 Å². The molecule has 1 atom stereocenters. The molecule has 0 aromatic heterocycles. The number of benzene rings is 1.